The van der Waals surface area contributed by atoms with Crippen LogP contribution in [0.3, 0.4) is 0 Å². The van der Waals surface area contributed by atoms with Gasteiger partial charge >= 0.3 is 0 Å². The molecule has 5 nitrogen and oxygen atoms in total. The molecule has 6 heteroatoms. The summed E-state index contributed by atoms with van der Waals surface area (Å²) < 4.78 is 6.01. The third-order valence-electron chi connectivity index (χ3n) is 3.22. The number of nitrogen functional groups attached to an aromatic ring is 1. The molecule has 1 aromatic carbocycles. The molecule has 2 aromatic rings. The van der Waals surface area contributed by atoms with Crippen LogP contribution in [0.5, 0.6) is 11.6 Å². The lowest BCUT2D eigenvalue weighted by molar-refractivity contribution is 0.448. The van der Waals surface area contributed by atoms with Gasteiger partial charge < -0.3 is 10.2 Å². The largest absolute Gasteiger partial charge is 0.438 e. The Balaban J connectivity index is 2.49. The van der Waals surface area contributed by atoms with E-state index in [1.54, 1.807) is 0 Å². The van der Waals surface area contributed by atoms with Gasteiger partial charge in [0, 0.05) is 11.4 Å². The Hall–Kier alpha value is -1.85. The predicted molar refractivity (Wildman–Crippen MR) is 85.0 cm³/mol. The fourth-order valence-electron chi connectivity index (χ4n) is 2.09. The van der Waals surface area contributed by atoms with Crippen LogP contribution in [0.2, 0.25) is 5.02 Å². The zero-order valence-electron chi connectivity index (χ0n) is 12.6. The van der Waals surface area contributed by atoms with Gasteiger partial charge in [0.2, 0.25) is 5.88 Å². The zero-order valence-corrected chi connectivity index (χ0v) is 13.4. The minimum Gasteiger partial charge on any atom is -0.438 e. The topological polar surface area (TPSA) is 73.1 Å². The minimum atomic E-state index is 0.503. The quantitative estimate of drug-likeness (QED) is 0.665. The van der Waals surface area contributed by atoms with Crippen molar-refractivity contribution in [2.45, 2.75) is 34.1 Å². The molecular weight excluding hydrogens is 288 g/mol. The van der Waals surface area contributed by atoms with Gasteiger partial charge in [0.25, 0.3) is 0 Å². The Bertz CT molecular complexity index is 650. The number of rotatable bonds is 4. The van der Waals surface area contributed by atoms with Crippen LogP contribution in [-0.4, -0.2) is 9.97 Å². The SMILES string of the molecule is CCc1nc(NN)c(C)c(Oc2c(C)cc(Cl)cc2C)n1. The van der Waals surface area contributed by atoms with Gasteiger partial charge in [-0.1, -0.05) is 18.5 Å². The molecule has 3 N–H and O–H groups in total. The lowest BCUT2D eigenvalue weighted by Gasteiger charge is -2.15. The first-order valence-corrected chi connectivity index (χ1v) is 7.12. The summed E-state index contributed by atoms with van der Waals surface area (Å²) in [6, 6.07) is 3.73. The van der Waals surface area contributed by atoms with Gasteiger partial charge in [-0.05, 0) is 44.0 Å². The minimum absolute atomic E-state index is 0.503. The maximum atomic E-state index is 6.04. The molecule has 0 unspecified atom stereocenters. The van der Waals surface area contributed by atoms with Crippen molar-refractivity contribution in [3.8, 4) is 11.6 Å². The molecular formula is C15H19ClN4O. The number of halogens is 1. The van der Waals surface area contributed by atoms with Crippen molar-refractivity contribution >= 4 is 17.4 Å². The number of nitrogens with zero attached hydrogens (tertiary/aromatic N) is 2. The highest BCUT2D eigenvalue weighted by Crippen LogP contribution is 2.33. The number of nitrogens with one attached hydrogen (secondary N) is 1. The molecule has 0 atom stereocenters. The molecule has 1 heterocycles. The summed E-state index contributed by atoms with van der Waals surface area (Å²) in [5.74, 6) is 8.01. The molecule has 2 rings (SSSR count). The van der Waals surface area contributed by atoms with E-state index in [2.05, 4.69) is 15.4 Å². The van der Waals surface area contributed by atoms with Crippen LogP contribution < -0.4 is 16.0 Å². The standard InChI is InChI=1S/C15H19ClN4O/c1-5-12-18-14(20-17)10(4)15(19-12)21-13-8(2)6-11(16)7-9(13)3/h6-7H,5,17H2,1-4H3,(H,18,19,20). The molecule has 21 heavy (non-hydrogen) atoms. The summed E-state index contributed by atoms with van der Waals surface area (Å²) in [5.41, 5.74) is 5.26. The molecule has 1 aromatic heterocycles. The Kier molecular flexibility index (Phi) is 4.65. The zero-order chi connectivity index (χ0) is 15.6. The lowest BCUT2D eigenvalue weighted by atomic mass is 10.1. The highest BCUT2D eigenvalue weighted by atomic mass is 35.5. The first kappa shape index (κ1) is 15.5. The summed E-state index contributed by atoms with van der Waals surface area (Å²) in [6.45, 7) is 7.75. The van der Waals surface area contributed by atoms with E-state index in [9.17, 15) is 0 Å². The van der Waals surface area contributed by atoms with Crippen LogP contribution in [0.1, 0.15) is 29.4 Å². The van der Waals surface area contributed by atoms with Gasteiger partial charge in [-0.25, -0.2) is 10.8 Å². The average Bonchev–Trinajstić information content (AvgIpc) is 2.44. The van der Waals surface area contributed by atoms with E-state index in [0.717, 1.165) is 22.4 Å². The molecule has 0 aliphatic heterocycles. The van der Waals surface area contributed by atoms with E-state index in [1.165, 1.54) is 0 Å². The van der Waals surface area contributed by atoms with Crippen molar-refractivity contribution in [1.82, 2.24) is 9.97 Å². The average molecular weight is 307 g/mol. The summed E-state index contributed by atoms with van der Waals surface area (Å²) in [5, 5.41) is 0.690. The summed E-state index contributed by atoms with van der Waals surface area (Å²) in [6.07, 6.45) is 0.698. The maximum absolute atomic E-state index is 6.04. The van der Waals surface area contributed by atoms with Gasteiger partial charge in [0.1, 0.15) is 17.4 Å². The second kappa shape index (κ2) is 6.28. The molecule has 0 aliphatic carbocycles. The molecule has 0 saturated carbocycles. The number of hydrazine groups is 1. The number of aromatic nitrogens is 2. The smallest absolute Gasteiger partial charge is 0.227 e. The van der Waals surface area contributed by atoms with Crippen molar-refractivity contribution in [3.63, 3.8) is 0 Å². The number of hydrogen-bond donors (Lipinski definition) is 2. The fraction of sp³-hybridized carbons (Fsp3) is 0.333. The molecule has 0 spiro atoms. The van der Waals surface area contributed by atoms with Crippen LogP contribution in [0.4, 0.5) is 5.82 Å². The van der Waals surface area contributed by atoms with Crippen molar-refractivity contribution in [1.29, 1.82) is 0 Å². The fourth-order valence-corrected chi connectivity index (χ4v) is 2.42. The normalized spacial score (nSPS) is 10.6. The number of ether oxygens (including phenoxy) is 1. The van der Waals surface area contributed by atoms with Crippen LogP contribution in [0, 0.1) is 20.8 Å². The number of anilines is 1. The second-order valence-corrected chi connectivity index (χ2v) is 5.32. The van der Waals surface area contributed by atoms with E-state index in [4.69, 9.17) is 22.2 Å². The summed E-state index contributed by atoms with van der Waals surface area (Å²) in [7, 11) is 0. The molecule has 0 fully saturated rings. The van der Waals surface area contributed by atoms with E-state index >= 15 is 0 Å². The van der Waals surface area contributed by atoms with Gasteiger partial charge in [0.15, 0.2) is 0 Å². The van der Waals surface area contributed by atoms with Crippen LogP contribution in [0.15, 0.2) is 12.1 Å². The van der Waals surface area contributed by atoms with E-state index in [1.807, 2.05) is 39.8 Å². The first-order chi connectivity index (χ1) is 9.96. The van der Waals surface area contributed by atoms with E-state index in [0.29, 0.717) is 29.0 Å². The van der Waals surface area contributed by atoms with Gasteiger partial charge in [-0.2, -0.15) is 4.98 Å². The lowest BCUT2D eigenvalue weighted by Crippen LogP contribution is -2.13. The molecule has 0 saturated heterocycles. The molecule has 0 amide bonds. The number of hydrogen-bond acceptors (Lipinski definition) is 5. The van der Waals surface area contributed by atoms with Gasteiger partial charge in [-0.3, -0.25) is 0 Å². The molecule has 112 valence electrons. The summed E-state index contributed by atoms with van der Waals surface area (Å²) in [4.78, 5) is 8.76. The number of nitrogens with two attached hydrogens (primary N) is 1. The predicted octanol–water partition coefficient (Wildman–Crippen LogP) is 3.70. The number of aryl methyl sites for hydroxylation is 3. The van der Waals surface area contributed by atoms with Crippen LogP contribution in [-0.2, 0) is 6.42 Å². The van der Waals surface area contributed by atoms with Gasteiger partial charge in [0.05, 0.1) is 5.56 Å². The molecule has 0 radical (unpaired) electrons. The Morgan fingerprint density at radius 1 is 1.19 bits per heavy atom. The van der Waals surface area contributed by atoms with Crippen molar-refractivity contribution in [3.05, 3.63) is 39.7 Å². The van der Waals surface area contributed by atoms with E-state index < -0.39 is 0 Å². The summed E-state index contributed by atoms with van der Waals surface area (Å²) >= 11 is 6.04. The Morgan fingerprint density at radius 2 is 1.81 bits per heavy atom. The third-order valence-corrected chi connectivity index (χ3v) is 3.44. The Labute approximate surface area is 129 Å². The maximum Gasteiger partial charge on any atom is 0.227 e. The Morgan fingerprint density at radius 3 is 2.33 bits per heavy atom. The molecule has 0 aliphatic rings. The second-order valence-electron chi connectivity index (χ2n) is 4.89. The van der Waals surface area contributed by atoms with Crippen LogP contribution >= 0.6 is 11.6 Å². The highest BCUT2D eigenvalue weighted by molar-refractivity contribution is 6.30. The van der Waals surface area contributed by atoms with Crippen LogP contribution in [0.25, 0.3) is 0 Å². The van der Waals surface area contributed by atoms with Gasteiger partial charge in [-0.15, -0.1) is 0 Å². The number of benzene rings is 1. The highest BCUT2D eigenvalue weighted by Gasteiger charge is 2.14. The first-order valence-electron chi connectivity index (χ1n) is 6.75. The monoisotopic (exact) mass is 306 g/mol. The molecule has 0 bridgehead atoms. The van der Waals surface area contributed by atoms with Crippen molar-refractivity contribution in [2.75, 3.05) is 5.43 Å². The van der Waals surface area contributed by atoms with E-state index in [-0.39, 0.29) is 0 Å². The van der Waals surface area contributed by atoms with Crippen molar-refractivity contribution in [2.24, 2.45) is 5.84 Å². The third kappa shape index (κ3) is 3.25. The van der Waals surface area contributed by atoms with Crippen molar-refractivity contribution < 1.29 is 4.74 Å².